The molecule has 4 atom stereocenters. The lowest BCUT2D eigenvalue weighted by atomic mass is 9.80. The van der Waals surface area contributed by atoms with Crippen LogP contribution < -0.4 is 19.3 Å². The number of anilines is 1. The van der Waals surface area contributed by atoms with Crippen LogP contribution in [0.4, 0.5) is 5.82 Å². The molecule has 7 aromatic rings. The highest BCUT2D eigenvalue weighted by Crippen LogP contribution is 2.51. The van der Waals surface area contributed by atoms with Gasteiger partial charge in [-0.05, 0) is 84.9 Å². The molecule has 5 aromatic carbocycles. The SMILES string of the molecule is CCN(CC)CC.COc1ccc(C(OCC2OC(n3cnc4c(NC(=O)c5ccccc5)ncnc43)CC2OP(=O)(O)Oc2ccccc2Cl)(c2ccccc2)c2ccc(OC)cc2)cc1. The summed E-state index contributed by atoms with van der Waals surface area (Å²) in [6, 6.07) is 39.8. The molecule has 17 heteroatoms. The number of halogens is 1. The number of phosphoric acid groups is 1. The van der Waals surface area contributed by atoms with Gasteiger partial charge in [-0.1, -0.05) is 117 Å². The summed E-state index contributed by atoms with van der Waals surface area (Å²) in [4.78, 5) is 39.9. The van der Waals surface area contributed by atoms with Gasteiger partial charge in [0.1, 0.15) is 47.6 Å². The molecule has 0 spiro atoms. The first-order valence-electron chi connectivity index (χ1n) is 21.9. The maximum Gasteiger partial charge on any atom is 0.527 e. The van der Waals surface area contributed by atoms with Crippen LogP contribution in [0.2, 0.25) is 5.02 Å². The fraction of sp³-hybridized carbons (Fsp3) is 0.280. The Morgan fingerprint density at radius 2 is 1.37 bits per heavy atom. The average molecular weight is 949 g/mol. The number of benzene rings is 5. The summed E-state index contributed by atoms with van der Waals surface area (Å²) >= 11 is 6.29. The van der Waals surface area contributed by atoms with Gasteiger partial charge in [0.2, 0.25) is 0 Å². The Kier molecular flexibility index (Phi) is 16.4. The van der Waals surface area contributed by atoms with Gasteiger partial charge in [0, 0.05) is 12.0 Å². The van der Waals surface area contributed by atoms with Gasteiger partial charge in [0.25, 0.3) is 5.91 Å². The average Bonchev–Trinajstić information content (AvgIpc) is 3.98. The molecular weight excluding hydrogens is 895 g/mol. The minimum absolute atomic E-state index is 0.0299. The van der Waals surface area contributed by atoms with Crippen molar-refractivity contribution < 1.29 is 42.2 Å². The summed E-state index contributed by atoms with van der Waals surface area (Å²) in [5.41, 5.74) is 2.17. The second-order valence-electron chi connectivity index (χ2n) is 15.3. The molecule has 1 saturated heterocycles. The number of fused-ring (bicyclic) bond motifs is 1. The van der Waals surface area contributed by atoms with Crippen molar-refractivity contribution in [3.8, 4) is 17.2 Å². The Bertz CT molecular complexity index is 2670. The van der Waals surface area contributed by atoms with Crippen LogP contribution in [0, 0.1) is 0 Å². The van der Waals surface area contributed by atoms with E-state index in [-0.39, 0.29) is 35.5 Å². The van der Waals surface area contributed by atoms with E-state index in [0.717, 1.165) is 16.7 Å². The summed E-state index contributed by atoms with van der Waals surface area (Å²) < 4.78 is 51.7. The van der Waals surface area contributed by atoms with Gasteiger partial charge in [-0.25, -0.2) is 19.5 Å². The molecule has 0 bridgehead atoms. The molecule has 3 heterocycles. The molecule has 350 valence electrons. The normalized spacial score (nSPS) is 16.7. The lowest BCUT2D eigenvalue weighted by molar-refractivity contribution is -0.0919. The zero-order valence-corrected chi connectivity index (χ0v) is 39.5. The van der Waals surface area contributed by atoms with Crippen molar-refractivity contribution in [2.24, 2.45) is 0 Å². The number of nitrogens with one attached hydrogen (secondary N) is 1. The number of hydrogen-bond acceptors (Lipinski definition) is 12. The predicted molar refractivity (Wildman–Crippen MR) is 257 cm³/mol. The lowest BCUT2D eigenvalue weighted by Crippen LogP contribution is -2.38. The van der Waals surface area contributed by atoms with Crippen LogP contribution in [-0.2, 0) is 24.2 Å². The van der Waals surface area contributed by atoms with Crippen LogP contribution in [0.5, 0.6) is 17.2 Å². The van der Waals surface area contributed by atoms with Crippen molar-refractivity contribution in [2.75, 3.05) is 45.8 Å². The number of para-hydroxylation sites is 1. The molecule has 67 heavy (non-hydrogen) atoms. The number of carbonyl (C=O) groups excluding carboxylic acids is 1. The van der Waals surface area contributed by atoms with E-state index >= 15 is 0 Å². The third-order valence-corrected chi connectivity index (χ3v) is 12.7. The van der Waals surface area contributed by atoms with Gasteiger partial charge in [0.05, 0.1) is 32.2 Å². The van der Waals surface area contributed by atoms with Crippen LogP contribution in [0.15, 0.2) is 146 Å². The van der Waals surface area contributed by atoms with Gasteiger partial charge in [-0.15, -0.1) is 0 Å². The van der Waals surface area contributed by atoms with E-state index in [1.807, 2.05) is 84.9 Å². The van der Waals surface area contributed by atoms with Gasteiger partial charge in [-0.3, -0.25) is 18.8 Å². The smallest absolute Gasteiger partial charge is 0.497 e. The van der Waals surface area contributed by atoms with Crippen LogP contribution >= 0.6 is 19.4 Å². The van der Waals surface area contributed by atoms with E-state index in [0.29, 0.717) is 28.2 Å². The second kappa shape index (κ2) is 22.6. The zero-order valence-electron chi connectivity index (χ0n) is 37.9. The van der Waals surface area contributed by atoms with E-state index in [1.165, 1.54) is 44.4 Å². The molecule has 1 aliphatic heterocycles. The molecule has 4 unspecified atom stereocenters. The Labute approximate surface area is 395 Å². The third kappa shape index (κ3) is 11.5. The van der Waals surface area contributed by atoms with E-state index in [4.69, 9.17) is 39.6 Å². The molecule has 1 fully saturated rings. The maximum absolute atomic E-state index is 13.7. The van der Waals surface area contributed by atoms with Gasteiger partial charge < -0.3 is 33.7 Å². The zero-order chi connectivity index (χ0) is 47.4. The Hall–Kier alpha value is -6.16. The summed E-state index contributed by atoms with van der Waals surface area (Å²) in [5.74, 6) is 1.10. The standard InChI is InChI=1S/C44H39ClN5O9P.C6H15N/c1-54-33-21-17-31(18-22-33)44(30-13-7-4-8-14-30,32-19-23-34(55-2)24-20-32)56-26-38-37(59-60(52,53)58-36-16-10-9-15-35(36)45)25-39(57-38)50-28-48-40-41(46-27-47-42(40)50)49-43(51)29-11-5-3-6-12-29;1-4-7(5-2)6-3/h3-24,27-28,37-39H,25-26H2,1-2H3,(H,52,53)(H,46,47,49,51);4-6H2,1-3H3. The number of ether oxygens (including phenoxy) is 4. The Morgan fingerprint density at radius 3 is 1.94 bits per heavy atom. The van der Waals surface area contributed by atoms with Gasteiger partial charge in [0.15, 0.2) is 17.0 Å². The van der Waals surface area contributed by atoms with Crippen molar-refractivity contribution in [3.05, 3.63) is 173 Å². The lowest BCUT2D eigenvalue weighted by Gasteiger charge is -2.37. The highest BCUT2D eigenvalue weighted by Gasteiger charge is 2.46. The molecule has 8 rings (SSSR count). The van der Waals surface area contributed by atoms with Crippen molar-refractivity contribution >= 4 is 42.3 Å². The van der Waals surface area contributed by atoms with Crippen molar-refractivity contribution in [2.45, 2.75) is 51.2 Å². The van der Waals surface area contributed by atoms with Crippen LogP contribution in [0.25, 0.3) is 11.2 Å². The second-order valence-corrected chi connectivity index (χ2v) is 17.0. The molecule has 0 radical (unpaired) electrons. The first-order chi connectivity index (χ1) is 32.5. The molecule has 1 aliphatic rings. The number of aromatic nitrogens is 4. The monoisotopic (exact) mass is 948 g/mol. The Balaban J connectivity index is 0.000000883. The molecule has 1 amide bonds. The molecule has 15 nitrogen and oxygen atoms in total. The van der Waals surface area contributed by atoms with E-state index in [9.17, 15) is 14.3 Å². The molecule has 2 aromatic heterocycles. The summed E-state index contributed by atoms with van der Waals surface area (Å²) in [5, 5.41) is 2.94. The number of imidazole rings is 1. The van der Waals surface area contributed by atoms with Crippen molar-refractivity contribution in [1.29, 1.82) is 0 Å². The Morgan fingerprint density at radius 1 is 0.806 bits per heavy atom. The first kappa shape index (κ1) is 48.8. The quantitative estimate of drug-likeness (QED) is 0.0617. The predicted octanol–water partition coefficient (Wildman–Crippen LogP) is 9.96. The maximum atomic E-state index is 13.7. The van der Waals surface area contributed by atoms with E-state index in [2.05, 4.69) is 45.9 Å². The van der Waals surface area contributed by atoms with E-state index in [1.54, 1.807) is 55.2 Å². The van der Waals surface area contributed by atoms with Crippen LogP contribution in [0.3, 0.4) is 0 Å². The minimum Gasteiger partial charge on any atom is -0.497 e. The topological polar surface area (TPSA) is 169 Å². The molecule has 0 aliphatic carbocycles. The third-order valence-electron chi connectivity index (χ3n) is 11.4. The van der Waals surface area contributed by atoms with Crippen molar-refractivity contribution in [3.63, 3.8) is 0 Å². The number of phosphoric ester groups is 1. The number of nitrogens with zero attached hydrogens (tertiary/aromatic N) is 5. The molecular formula is C50H54ClN6O9P. The number of carbonyl (C=O) groups is 1. The highest BCUT2D eigenvalue weighted by molar-refractivity contribution is 7.47. The number of hydrogen-bond donors (Lipinski definition) is 2. The minimum atomic E-state index is -4.83. The number of methoxy groups -OCH3 is 2. The fourth-order valence-electron chi connectivity index (χ4n) is 7.84. The number of rotatable bonds is 18. The molecule has 0 saturated carbocycles. The summed E-state index contributed by atoms with van der Waals surface area (Å²) in [6.07, 6.45) is -0.0394. The van der Waals surface area contributed by atoms with Gasteiger partial charge >= 0.3 is 7.82 Å². The van der Waals surface area contributed by atoms with E-state index < -0.39 is 31.9 Å². The summed E-state index contributed by atoms with van der Waals surface area (Å²) in [6.45, 7) is 9.97. The van der Waals surface area contributed by atoms with Crippen LogP contribution in [0.1, 0.15) is 60.5 Å². The fourth-order valence-corrected chi connectivity index (χ4v) is 9.09. The summed E-state index contributed by atoms with van der Waals surface area (Å²) in [7, 11) is -1.64. The largest absolute Gasteiger partial charge is 0.527 e. The van der Waals surface area contributed by atoms with Gasteiger partial charge in [-0.2, -0.15) is 0 Å². The molecule has 2 N–H and O–H groups in total. The number of amides is 1. The first-order valence-corrected chi connectivity index (χ1v) is 23.7. The highest BCUT2D eigenvalue weighted by atomic mass is 35.5. The van der Waals surface area contributed by atoms with Crippen molar-refractivity contribution in [1.82, 2.24) is 24.4 Å². The van der Waals surface area contributed by atoms with Crippen LogP contribution in [-0.4, -0.2) is 87.9 Å².